The Balaban J connectivity index is 1.72. The van der Waals surface area contributed by atoms with Gasteiger partial charge in [-0.2, -0.15) is 0 Å². The van der Waals surface area contributed by atoms with E-state index in [0.29, 0.717) is 28.9 Å². The SMILES string of the molecule is CCC(C)CC(NC(=O)c1ccc2c(c1)nc(Cc1cccs1)n2-c1ccccc1Cl)C(=O)O. The quantitative estimate of drug-likeness (QED) is 0.300. The summed E-state index contributed by atoms with van der Waals surface area (Å²) in [7, 11) is 0. The largest absolute Gasteiger partial charge is 0.480 e. The minimum absolute atomic E-state index is 0.190. The van der Waals surface area contributed by atoms with E-state index in [9.17, 15) is 14.7 Å². The first-order valence-electron chi connectivity index (χ1n) is 11.2. The van der Waals surface area contributed by atoms with Gasteiger partial charge in [-0.3, -0.25) is 9.36 Å². The number of halogens is 1. The average Bonchev–Trinajstić information content (AvgIpc) is 3.46. The van der Waals surface area contributed by atoms with Crippen LogP contribution in [0.5, 0.6) is 0 Å². The van der Waals surface area contributed by atoms with Gasteiger partial charge in [0.25, 0.3) is 5.91 Å². The van der Waals surface area contributed by atoms with Gasteiger partial charge in [0.15, 0.2) is 0 Å². The van der Waals surface area contributed by atoms with Crippen molar-refractivity contribution in [2.24, 2.45) is 5.92 Å². The van der Waals surface area contributed by atoms with Crippen LogP contribution in [0.4, 0.5) is 0 Å². The molecule has 8 heteroatoms. The van der Waals surface area contributed by atoms with E-state index < -0.39 is 17.9 Å². The van der Waals surface area contributed by atoms with Crippen molar-refractivity contribution in [1.82, 2.24) is 14.9 Å². The lowest BCUT2D eigenvalue weighted by atomic mass is 9.99. The third-order valence-corrected chi connectivity index (χ3v) is 7.13. The molecule has 1 amide bonds. The first-order valence-corrected chi connectivity index (χ1v) is 12.5. The maximum atomic E-state index is 12.9. The summed E-state index contributed by atoms with van der Waals surface area (Å²) in [6, 6.07) is 15.9. The molecule has 2 atom stereocenters. The molecule has 0 bridgehead atoms. The van der Waals surface area contributed by atoms with Crippen molar-refractivity contribution in [3.05, 3.63) is 81.3 Å². The zero-order chi connectivity index (χ0) is 24.2. The number of fused-ring (bicyclic) bond motifs is 1. The Morgan fingerprint density at radius 1 is 1.18 bits per heavy atom. The number of aromatic nitrogens is 2. The minimum Gasteiger partial charge on any atom is -0.480 e. The number of imidazole rings is 1. The van der Waals surface area contributed by atoms with Crippen molar-refractivity contribution < 1.29 is 14.7 Å². The van der Waals surface area contributed by atoms with Crippen LogP contribution in [-0.2, 0) is 11.2 Å². The fraction of sp³-hybridized carbons (Fsp3) is 0.269. The number of nitrogens with one attached hydrogen (secondary N) is 1. The lowest BCUT2D eigenvalue weighted by Gasteiger charge is -2.18. The van der Waals surface area contributed by atoms with Gasteiger partial charge < -0.3 is 10.4 Å². The predicted octanol–water partition coefficient (Wildman–Crippen LogP) is 5.95. The van der Waals surface area contributed by atoms with E-state index in [2.05, 4.69) is 11.4 Å². The second kappa shape index (κ2) is 10.4. The first-order chi connectivity index (χ1) is 16.4. The lowest BCUT2D eigenvalue weighted by Crippen LogP contribution is -2.41. The monoisotopic (exact) mass is 495 g/mol. The molecule has 4 aromatic rings. The zero-order valence-electron chi connectivity index (χ0n) is 19.0. The maximum absolute atomic E-state index is 12.9. The molecule has 0 saturated heterocycles. The highest BCUT2D eigenvalue weighted by atomic mass is 35.5. The van der Waals surface area contributed by atoms with E-state index >= 15 is 0 Å². The molecule has 34 heavy (non-hydrogen) atoms. The highest BCUT2D eigenvalue weighted by molar-refractivity contribution is 7.09. The standard InChI is InChI=1S/C26H26ClN3O3S/c1-3-16(2)13-21(26(32)33)29-25(31)17-10-11-23-20(14-17)28-24(15-18-7-6-12-34-18)30(23)22-9-5-4-8-19(22)27/h4-12,14,16,21H,3,13,15H2,1-2H3,(H,29,31)(H,32,33). The Morgan fingerprint density at radius 3 is 2.65 bits per heavy atom. The second-order valence-corrected chi connectivity index (χ2v) is 9.83. The smallest absolute Gasteiger partial charge is 0.326 e. The minimum atomic E-state index is -1.03. The van der Waals surface area contributed by atoms with E-state index in [-0.39, 0.29) is 5.92 Å². The Hall–Kier alpha value is -3.16. The Morgan fingerprint density at radius 2 is 1.97 bits per heavy atom. The summed E-state index contributed by atoms with van der Waals surface area (Å²) >= 11 is 8.18. The van der Waals surface area contributed by atoms with Gasteiger partial charge in [0.05, 0.1) is 21.7 Å². The number of nitrogens with zero attached hydrogens (tertiary/aromatic N) is 2. The van der Waals surface area contributed by atoms with Crippen LogP contribution in [-0.4, -0.2) is 32.6 Å². The van der Waals surface area contributed by atoms with Crippen molar-refractivity contribution in [3.8, 4) is 5.69 Å². The van der Waals surface area contributed by atoms with Gasteiger partial charge in [-0.1, -0.05) is 50.1 Å². The molecular formula is C26H26ClN3O3S. The van der Waals surface area contributed by atoms with Crippen molar-refractivity contribution in [2.45, 2.75) is 39.2 Å². The number of hydrogen-bond donors (Lipinski definition) is 2. The predicted molar refractivity (Wildman–Crippen MR) is 136 cm³/mol. The highest BCUT2D eigenvalue weighted by Gasteiger charge is 2.23. The number of para-hydroxylation sites is 1. The normalized spacial score (nSPS) is 13.0. The molecule has 0 aliphatic rings. The van der Waals surface area contributed by atoms with Gasteiger partial charge >= 0.3 is 5.97 Å². The van der Waals surface area contributed by atoms with Crippen LogP contribution in [0.3, 0.4) is 0 Å². The molecular weight excluding hydrogens is 470 g/mol. The molecule has 2 aromatic heterocycles. The molecule has 0 aliphatic carbocycles. The van der Waals surface area contributed by atoms with Gasteiger partial charge in [-0.15, -0.1) is 11.3 Å². The van der Waals surface area contributed by atoms with Crippen LogP contribution in [0.1, 0.15) is 47.7 Å². The maximum Gasteiger partial charge on any atom is 0.326 e. The van der Waals surface area contributed by atoms with Crippen LogP contribution in [0.2, 0.25) is 5.02 Å². The van der Waals surface area contributed by atoms with Gasteiger partial charge in [-0.25, -0.2) is 9.78 Å². The molecule has 2 N–H and O–H groups in total. The van der Waals surface area contributed by atoms with E-state index in [4.69, 9.17) is 16.6 Å². The summed E-state index contributed by atoms with van der Waals surface area (Å²) in [6.45, 7) is 3.98. The van der Waals surface area contributed by atoms with Gasteiger partial charge in [0, 0.05) is 16.9 Å². The van der Waals surface area contributed by atoms with Crippen molar-refractivity contribution in [1.29, 1.82) is 0 Å². The fourth-order valence-corrected chi connectivity index (χ4v) is 4.81. The Labute approximate surface area is 207 Å². The summed E-state index contributed by atoms with van der Waals surface area (Å²) in [5.41, 5.74) is 2.66. The molecule has 0 spiro atoms. The third-order valence-electron chi connectivity index (χ3n) is 5.93. The van der Waals surface area contributed by atoms with Gasteiger partial charge in [0.1, 0.15) is 11.9 Å². The second-order valence-electron chi connectivity index (χ2n) is 8.39. The number of carboxylic acid groups (broad SMARTS) is 1. The molecule has 4 rings (SSSR count). The molecule has 2 aromatic carbocycles. The molecule has 176 valence electrons. The van der Waals surface area contributed by atoms with Crippen molar-refractivity contribution >= 4 is 45.8 Å². The number of carbonyl (C=O) groups is 2. The van der Waals surface area contributed by atoms with Crippen LogP contribution in [0.25, 0.3) is 16.7 Å². The molecule has 0 saturated carbocycles. The summed E-state index contributed by atoms with van der Waals surface area (Å²) in [4.78, 5) is 30.6. The number of rotatable bonds is 9. The van der Waals surface area contributed by atoms with Crippen molar-refractivity contribution in [2.75, 3.05) is 0 Å². The molecule has 6 nitrogen and oxygen atoms in total. The summed E-state index contributed by atoms with van der Waals surface area (Å²) in [6.07, 6.45) is 1.85. The molecule has 0 radical (unpaired) electrons. The average molecular weight is 496 g/mol. The van der Waals surface area contributed by atoms with Crippen LogP contribution < -0.4 is 5.32 Å². The molecule has 0 aliphatic heterocycles. The number of benzene rings is 2. The number of carbonyl (C=O) groups excluding carboxylic acids is 1. The van der Waals surface area contributed by atoms with Crippen LogP contribution >= 0.6 is 22.9 Å². The third kappa shape index (κ3) is 5.16. The van der Waals surface area contributed by atoms with E-state index in [1.54, 1.807) is 23.5 Å². The summed E-state index contributed by atoms with van der Waals surface area (Å²) in [5, 5.41) is 14.9. The first kappa shape index (κ1) is 24.0. The number of hydrogen-bond acceptors (Lipinski definition) is 4. The van der Waals surface area contributed by atoms with E-state index in [1.807, 2.05) is 60.2 Å². The molecule has 2 heterocycles. The Bertz CT molecular complexity index is 1320. The molecule has 0 fully saturated rings. The van der Waals surface area contributed by atoms with Crippen LogP contribution in [0.15, 0.2) is 60.0 Å². The van der Waals surface area contributed by atoms with Gasteiger partial charge in [0.2, 0.25) is 0 Å². The number of aliphatic carboxylic acids is 1. The van der Waals surface area contributed by atoms with E-state index in [0.717, 1.165) is 28.3 Å². The van der Waals surface area contributed by atoms with Crippen molar-refractivity contribution in [3.63, 3.8) is 0 Å². The topological polar surface area (TPSA) is 84.2 Å². The highest BCUT2D eigenvalue weighted by Crippen LogP contribution is 2.29. The molecule has 2 unspecified atom stereocenters. The number of amides is 1. The summed E-state index contributed by atoms with van der Waals surface area (Å²) < 4.78 is 2.02. The number of carboxylic acids is 1. The van der Waals surface area contributed by atoms with E-state index in [1.165, 1.54) is 0 Å². The van der Waals surface area contributed by atoms with Crippen LogP contribution in [0, 0.1) is 5.92 Å². The Kier molecular flexibility index (Phi) is 7.34. The number of thiophene rings is 1. The fourth-order valence-electron chi connectivity index (χ4n) is 3.89. The zero-order valence-corrected chi connectivity index (χ0v) is 20.6. The lowest BCUT2D eigenvalue weighted by molar-refractivity contribution is -0.139. The van der Waals surface area contributed by atoms with Gasteiger partial charge in [-0.05, 0) is 54.1 Å². The summed E-state index contributed by atoms with van der Waals surface area (Å²) in [5.74, 6) is -0.459.